The summed E-state index contributed by atoms with van der Waals surface area (Å²) in [5.74, 6) is 0. The van der Waals surface area contributed by atoms with Gasteiger partial charge < -0.3 is 5.11 Å². The van der Waals surface area contributed by atoms with Gasteiger partial charge in [0.2, 0.25) is 0 Å². The van der Waals surface area contributed by atoms with Crippen molar-refractivity contribution in [3.8, 4) is 0 Å². The standard InChI is InChI=1S/CH6N2O2Si/c4-1(5)2-3-6/h2-3H,6H3,(H,4,5). The molecule has 0 saturated carbocycles. The molecule has 0 unspecified atom stereocenters. The molecule has 5 heteroatoms. The van der Waals surface area contributed by atoms with Crippen LogP contribution in [0.4, 0.5) is 4.79 Å². The maximum Gasteiger partial charge on any atom is 0.418 e. The van der Waals surface area contributed by atoms with Crippen molar-refractivity contribution >= 4 is 16.5 Å². The Balaban J connectivity index is 2.83. The maximum absolute atomic E-state index is 9.45. The third-order valence-corrected chi connectivity index (χ3v) is 0.482. The van der Waals surface area contributed by atoms with Crippen LogP contribution in [0.15, 0.2) is 0 Å². The first-order valence-electron chi connectivity index (χ1n) is 1.43. The van der Waals surface area contributed by atoms with Gasteiger partial charge in [0.05, 0.1) is 0 Å². The van der Waals surface area contributed by atoms with Crippen LogP contribution in [0.2, 0.25) is 0 Å². The first-order chi connectivity index (χ1) is 2.77. The van der Waals surface area contributed by atoms with E-state index in [1.54, 1.807) is 0 Å². The van der Waals surface area contributed by atoms with E-state index in [0.29, 0.717) is 10.4 Å². The second kappa shape index (κ2) is 2.67. The van der Waals surface area contributed by atoms with Crippen molar-refractivity contribution in [2.75, 3.05) is 0 Å². The quantitative estimate of drug-likeness (QED) is 0.269. The van der Waals surface area contributed by atoms with Crippen molar-refractivity contribution in [2.45, 2.75) is 0 Å². The van der Waals surface area contributed by atoms with Gasteiger partial charge in [0, 0.05) is 0 Å². The van der Waals surface area contributed by atoms with Crippen LogP contribution >= 0.6 is 0 Å². The molecule has 0 spiro atoms. The van der Waals surface area contributed by atoms with Gasteiger partial charge in [-0.1, -0.05) is 0 Å². The highest BCUT2D eigenvalue weighted by Crippen LogP contribution is 1.46. The number of rotatable bonds is 1. The molecule has 0 heterocycles. The zero-order chi connectivity index (χ0) is 4.99. The lowest BCUT2D eigenvalue weighted by molar-refractivity contribution is 0.193. The van der Waals surface area contributed by atoms with E-state index in [1.165, 1.54) is 0 Å². The Morgan fingerprint density at radius 1 is 1.83 bits per heavy atom. The highest BCUT2D eigenvalue weighted by Gasteiger charge is 1.82. The Hall–Kier alpha value is -0.553. The SMILES string of the molecule is O=C(O)NN[SiH3]. The van der Waals surface area contributed by atoms with Gasteiger partial charge in [-0.15, -0.1) is 0 Å². The summed E-state index contributed by atoms with van der Waals surface area (Å²) in [7, 11) is 0.645. The van der Waals surface area contributed by atoms with E-state index < -0.39 is 6.09 Å². The Bertz CT molecular complexity index is 55.5. The van der Waals surface area contributed by atoms with Gasteiger partial charge >= 0.3 is 6.09 Å². The number of hydrogen-bond acceptors (Lipinski definition) is 2. The average Bonchev–Trinajstić information content (AvgIpc) is 1.35. The van der Waals surface area contributed by atoms with Crippen molar-refractivity contribution in [1.29, 1.82) is 0 Å². The van der Waals surface area contributed by atoms with Gasteiger partial charge in [0.25, 0.3) is 0 Å². The second-order valence-corrected chi connectivity index (χ2v) is 1.18. The number of hydrogen-bond donors (Lipinski definition) is 3. The van der Waals surface area contributed by atoms with Gasteiger partial charge in [0.15, 0.2) is 0 Å². The summed E-state index contributed by atoms with van der Waals surface area (Å²) in [5.41, 5.74) is 1.94. The Morgan fingerprint density at radius 3 is 2.33 bits per heavy atom. The molecule has 0 bridgehead atoms. The van der Waals surface area contributed by atoms with E-state index in [-0.39, 0.29) is 0 Å². The zero-order valence-corrected chi connectivity index (χ0v) is 5.36. The third kappa shape index (κ3) is 3.45. The topological polar surface area (TPSA) is 61.4 Å². The maximum atomic E-state index is 9.45. The Labute approximate surface area is 38.0 Å². The van der Waals surface area contributed by atoms with Crippen LogP contribution in [0.5, 0.6) is 0 Å². The molecular weight excluding hydrogens is 100 g/mol. The second-order valence-electron chi connectivity index (χ2n) is 0.680. The molecule has 36 valence electrons. The summed E-state index contributed by atoms with van der Waals surface area (Å²) in [5, 5.41) is 10.1. The Morgan fingerprint density at radius 2 is 2.33 bits per heavy atom. The molecular formula is CH6N2O2Si. The molecule has 0 atom stereocenters. The van der Waals surface area contributed by atoms with Crippen LogP contribution in [0.1, 0.15) is 0 Å². The van der Waals surface area contributed by atoms with Gasteiger partial charge in [0.1, 0.15) is 10.4 Å². The van der Waals surface area contributed by atoms with E-state index in [9.17, 15) is 4.79 Å². The molecule has 0 aliphatic rings. The van der Waals surface area contributed by atoms with Gasteiger partial charge in [-0.3, -0.25) is 10.5 Å². The van der Waals surface area contributed by atoms with E-state index in [0.717, 1.165) is 0 Å². The van der Waals surface area contributed by atoms with Gasteiger partial charge in [-0.05, 0) is 0 Å². The number of nitrogens with one attached hydrogen (secondary N) is 2. The Kier molecular flexibility index (Phi) is 2.43. The van der Waals surface area contributed by atoms with Crippen molar-refractivity contribution in [3.05, 3.63) is 0 Å². The molecule has 0 aliphatic heterocycles. The highest BCUT2D eigenvalue weighted by atomic mass is 28.2. The van der Waals surface area contributed by atoms with Crippen molar-refractivity contribution in [2.24, 2.45) is 0 Å². The lowest BCUT2D eigenvalue weighted by Gasteiger charge is -1.90. The number of hydrazine groups is 1. The summed E-state index contributed by atoms with van der Waals surface area (Å²) in [4.78, 5) is 9.45. The minimum atomic E-state index is -1.04. The molecule has 0 saturated heterocycles. The molecule has 1 amide bonds. The fraction of sp³-hybridized carbons (Fsp3) is 0. The minimum absolute atomic E-state index is 0.645. The molecule has 6 heavy (non-hydrogen) atoms. The summed E-state index contributed by atoms with van der Waals surface area (Å²) in [6.45, 7) is 0. The summed E-state index contributed by atoms with van der Waals surface area (Å²) in [6, 6.07) is 0. The van der Waals surface area contributed by atoms with Crippen LogP contribution in [0.25, 0.3) is 0 Å². The van der Waals surface area contributed by atoms with Crippen molar-refractivity contribution in [3.63, 3.8) is 0 Å². The van der Waals surface area contributed by atoms with Crippen molar-refractivity contribution < 1.29 is 9.90 Å². The number of amides is 1. The van der Waals surface area contributed by atoms with Crippen LogP contribution in [0, 0.1) is 0 Å². The molecule has 0 rings (SSSR count). The largest absolute Gasteiger partial charge is 0.464 e. The molecule has 0 aliphatic carbocycles. The van der Waals surface area contributed by atoms with Crippen LogP contribution < -0.4 is 10.5 Å². The number of carboxylic acid groups (broad SMARTS) is 1. The fourth-order valence-corrected chi connectivity index (χ4v) is 0.321. The smallest absolute Gasteiger partial charge is 0.418 e. The molecule has 4 nitrogen and oxygen atoms in total. The normalized spacial score (nSPS) is 8.00. The predicted molar refractivity (Wildman–Crippen MR) is 24.2 cm³/mol. The summed E-state index contributed by atoms with van der Waals surface area (Å²) >= 11 is 0. The highest BCUT2D eigenvalue weighted by molar-refractivity contribution is 6.04. The van der Waals surface area contributed by atoms with E-state index in [4.69, 9.17) is 5.11 Å². The molecule has 0 aromatic heterocycles. The minimum Gasteiger partial charge on any atom is -0.464 e. The van der Waals surface area contributed by atoms with E-state index in [2.05, 4.69) is 5.09 Å². The summed E-state index contributed by atoms with van der Waals surface area (Å²) in [6.07, 6.45) is -1.04. The molecule has 0 fully saturated rings. The van der Waals surface area contributed by atoms with Gasteiger partial charge in [-0.25, -0.2) is 4.79 Å². The molecule has 0 aromatic carbocycles. The number of carbonyl (C=O) groups is 1. The van der Waals surface area contributed by atoms with Crippen LogP contribution in [0.3, 0.4) is 0 Å². The van der Waals surface area contributed by atoms with Crippen LogP contribution in [-0.2, 0) is 0 Å². The van der Waals surface area contributed by atoms with Crippen molar-refractivity contribution in [1.82, 2.24) is 10.5 Å². The lowest BCUT2D eigenvalue weighted by atomic mass is 11.3. The summed E-state index contributed by atoms with van der Waals surface area (Å²) < 4.78 is 0. The van der Waals surface area contributed by atoms with E-state index in [1.807, 2.05) is 5.43 Å². The molecule has 0 aromatic rings. The molecule has 0 radical (unpaired) electrons. The monoisotopic (exact) mass is 106 g/mol. The molecule has 3 N–H and O–H groups in total. The fourth-order valence-electron chi connectivity index (χ4n) is 0.107. The van der Waals surface area contributed by atoms with E-state index >= 15 is 0 Å². The third-order valence-electron chi connectivity index (χ3n) is 0.232. The first kappa shape index (κ1) is 5.45. The average molecular weight is 106 g/mol. The lowest BCUT2D eigenvalue weighted by Crippen LogP contribution is -2.33. The van der Waals surface area contributed by atoms with Gasteiger partial charge in [-0.2, -0.15) is 0 Å². The first-order valence-corrected chi connectivity index (χ1v) is 2.43. The zero-order valence-electron chi connectivity index (χ0n) is 3.36. The van der Waals surface area contributed by atoms with Crippen LogP contribution in [-0.4, -0.2) is 21.6 Å². The predicted octanol–water partition coefficient (Wildman–Crippen LogP) is -1.96.